The minimum atomic E-state index is -0.720. The predicted molar refractivity (Wildman–Crippen MR) is 68.2 cm³/mol. The van der Waals surface area contributed by atoms with Crippen molar-refractivity contribution < 1.29 is 24.4 Å². The van der Waals surface area contributed by atoms with Gasteiger partial charge in [-0.1, -0.05) is 12.8 Å². The zero-order valence-electron chi connectivity index (χ0n) is 10.9. The molecular weight excluding hydrogens is 248 g/mol. The molecule has 0 spiro atoms. The molecule has 0 bridgehead atoms. The van der Waals surface area contributed by atoms with Crippen molar-refractivity contribution in [3.05, 3.63) is 29.8 Å². The van der Waals surface area contributed by atoms with Crippen LogP contribution in [0.15, 0.2) is 24.3 Å². The van der Waals surface area contributed by atoms with Crippen molar-refractivity contribution in [1.29, 1.82) is 0 Å². The highest BCUT2D eigenvalue weighted by atomic mass is 17.1. The third kappa shape index (κ3) is 3.24. The number of esters is 1. The molecule has 0 unspecified atom stereocenters. The molecule has 0 aliphatic heterocycles. The van der Waals surface area contributed by atoms with E-state index in [1.165, 1.54) is 0 Å². The number of carbonyl (C=O) groups is 1. The first kappa shape index (κ1) is 13.8. The van der Waals surface area contributed by atoms with Crippen LogP contribution in [0.5, 0.6) is 5.75 Å². The molecule has 5 nitrogen and oxygen atoms in total. The van der Waals surface area contributed by atoms with Gasteiger partial charge in [0, 0.05) is 0 Å². The van der Waals surface area contributed by atoms with Crippen molar-refractivity contribution >= 4 is 5.97 Å². The second-order valence-electron chi connectivity index (χ2n) is 4.79. The molecule has 19 heavy (non-hydrogen) atoms. The molecule has 1 aromatic carbocycles. The van der Waals surface area contributed by atoms with E-state index in [4.69, 9.17) is 14.7 Å². The summed E-state index contributed by atoms with van der Waals surface area (Å²) < 4.78 is 10.2. The molecule has 5 heteroatoms. The monoisotopic (exact) mass is 266 g/mol. The van der Waals surface area contributed by atoms with Crippen LogP contribution in [0.1, 0.15) is 36.0 Å². The summed E-state index contributed by atoms with van der Waals surface area (Å²) in [6.07, 6.45) is 3.36. The lowest BCUT2D eigenvalue weighted by atomic mass is 10.0. The standard InChI is InChI=1S/C14H18O5/c1-17-12-6-4-11(5-7-12)13(15)18-10-14(19-16)8-2-3-9-14/h4-7,16H,2-3,8-10H2,1H3. The molecule has 0 atom stereocenters. The van der Waals surface area contributed by atoms with Crippen molar-refractivity contribution in [2.24, 2.45) is 0 Å². The Hall–Kier alpha value is -1.59. The van der Waals surface area contributed by atoms with Crippen LogP contribution >= 0.6 is 0 Å². The number of hydrogen-bond acceptors (Lipinski definition) is 5. The van der Waals surface area contributed by atoms with Gasteiger partial charge in [0.2, 0.25) is 0 Å². The SMILES string of the molecule is COc1ccc(C(=O)OCC2(OO)CCCC2)cc1. The summed E-state index contributed by atoms with van der Waals surface area (Å²) in [5, 5.41) is 8.96. The Labute approximate surface area is 112 Å². The largest absolute Gasteiger partial charge is 0.497 e. The van der Waals surface area contributed by atoms with Crippen LogP contribution in [-0.2, 0) is 9.62 Å². The van der Waals surface area contributed by atoms with Crippen LogP contribution in [-0.4, -0.2) is 30.5 Å². The highest BCUT2D eigenvalue weighted by Gasteiger charge is 2.37. The molecule has 1 aliphatic carbocycles. The van der Waals surface area contributed by atoms with E-state index in [0.29, 0.717) is 24.2 Å². The van der Waals surface area contributed by atoms with Crippen molar-refractivity contribution in [2.75, 3.05) is 13.7 Å². The lowest BCUT2D eigenvalue weighted by molar-refractivity contribution is -0.328. The first-order valence-electron chi connectivity index (χ1n) is 6.33. The summed E-state index contributed by atoms with van der Waals surface area (Å²) in [4.78, 5) is 16.4. The maximum atomic E-state index is 11.9. The van der Waals surface area contributed by atoms with Gasteiger partial charge in [-0.25, -0.2) is 9.68 Å². The van der Waals surface area contributed by atoms with Gasteiger partial charge in [0.1, 0.15) is 18.0 Å². The van der Waals surface area contributed by atoms with E-state index in [2.05, 4.69) is 4.89 Å². The van der Waals surface area contributed by atoms with E-state index < -0.39 is 11.6 Å². The van der Waals surface area contributed by atoms with Gasteiger partial charge in [-0.3, -0.25) is 5.26 Å². The number of benzene rings is 1. The Morgan fingerprint density at radius 1 is 1.26 bits per heavy atom. The molecule has 0 aromatic heterocycles. The van der Waals surface area contributed by atoms with Crippen molar-refractivity contribution in [3.8, 4) is 5.75 Å². The van der Waals surface area contributed by atoms with E-state index in [-0.39, 0.29) is 6.61 Å². The summed E-state index contributed by atoms with van der Waals surface area (Å²) in [6.45, 7) is 0.0777. The molecule has 104 valence electrons. The molecule has 1 fully saturated rings. The average molecular weight is 266 g/mol. The minimum absolute atomic E-state index is 0.0777. The van der Waals surface area contributed by atoms with Gasteiger partial charge in [0.25, 0.3) is 0 Å². The third-order valence-corrected chi connectivity index (χ3v) is 3.50. The summed E-state index contributed by atoms with van der Waals surface area (Å²) in [6, 6.07) is 6.68. The molecule has 2 rings (SSSR count). The van der Waals surface area contributed by atoms with E-state index in [1.807, 2.05) is 0 Å². The smallest absolute Gasteiger partial charge is 0.338 e. The van der Waals surface area contributed by atoms with Crippen LogP contribution in [0.3, 0.4) is 0 Å². The lowest BCUT2D eigenvalue weighted by Gasteiger charge is -2.24. The molecule has 0 radical (unpaired) electrons. The van der Waals surface area contributed by atoms with Gasteiger partial charge >= 0.3 is 5.97 Å². The summed E-state index contributed by atoms with van der Waals surface area (Å²) in [5.74, 6) is 0.258. The van der Waals surface area contributed by atoms with Crippen molar-refractivity contribution in [2.45, 2.75) is 31.3 Å². The summed E-state index contributed by atoms with van der Waals surface area (Å²) in [7, 11) is 1.57. The molecule has 1 saturated carbocycles. The van der Waals surface area contributed by atoms with Crippen LogP contribution < -0.4 is 4.74 Å². The summed E-state index contributed by atoms with van der Waals surface area (Å²) in [5.41, 5.74) is -0.269. The van der Waals surface area contributed by atoms with Crippen LogP contribution in [0.2, 0.25) is 0 Å². The third-order valence-electron chi connectivity index (χ3n) is 3.50. The first-order chi connectivity index (χ1) is 9.19. The second kappa shape index (κ2) is 6.04. The molecule has 0 heterocycles. The zero-order valence-corrected chi connectivity index (χ0v) is 10.9. The maximum absolute atomic E-state index is 11.9. The Balaban J connectivity index is 1.93. The number of methoxy groups -OCH3 is 1. The summed E-state index contributed by atoms with van der Waals surface area (Å²) >= 11 is 0. The second-order valence-corrected chi connectivity index (χ2v) is 4.79. The highest BCUT2D eigenvalue weighted by molar-refractivity contribution is 5.89. The van der Waals surface area contributed by atoms with Crippen LogP contribution in [0.4, 0.5) is 0 Å². The Bertz CT molecular complexity index is 420. The van der Waals surface area contributed by atoms with Gasteiger partial charge in [-0.05, 0) is 37.1 Å². The Morgan fingerprint density at radius 3 is 2.42 bits per heavy atom. The number of carbonyl (C=O) groups excluding carboxylic acids is 1. The molecule has 1 N–H and O–H groups in total. The van der Waals surface area contributed by atoms with Gasteiger partial charge in [0.05, 0.1) is 12.7 Å². The lowest BCUT2D eigenvalue weighted by Crippen LogP contribution is -2.34. The van der Waals surface area contributed by atoms with Crippen LogP contribution in [0, 0.1) is 0 Å². The Kier molecular flexibility index (Phi) is 4.39. The number of rotatable bonds is 5. The number of hydrogen-bond donors (Lipinski definition) is 1. The fourth-order valence-electron chi connectivity index (χ4n) is 2.29. The maximum Gasteiger partial charge on any atom is 0.338 e. The van der Waals surface area contributed by atoms with Crippen LogP contribution in [0.25, 0.3) is 0 Å². The molecule has 1 aliphatic rings. The number of ether oxygens (including phenoxy) is 2. The van der Waals surface area contributed by atoms with Gasteiger partial charge in [0.15, 0.2) is 0 Å². The minimum Gasteiger partial charge on any atom is -0.497 e. The fraction of sp³-hybridized carbons (Fsp3) is 0.500. The molecular formula is C14H18O5. The average Bonchev–Trinajstić information content (AvgIpc) is 2.94. The topological polar surface area (TPSA) is 65.0 Å². The van der Waals surface area contributed by atoms with E-state index in [0.717, 1.165) is 12.8 Å². The molecule has 0 saturated heterocycles. The Morgan fingerprint density at radius 2 is 1.89 bits per heavy atom. The zero-order chi connectivity index (χ0) is 13.7. The van der Waals surface area contributed by atoms with E-state index >= 15 is 0 Å². The fourth-order valence-corrected chi connectivity index (χ4v) is 2.29. The van der Waals surface area contributed by atoms with Gasteiger partial charge in [-0.2, -0.15) is 0 Å². The normalized spacial score (nSPS) is 17.2. The van der Waals surface area contributed by atoms with E-state index in [1.54, 1.807) is 31.4 Å². The van der Waals surface area contributed by atoms with Gasteiger partial charge < -0.3 is 9.47 Å². The first-order valence-corrected chi connectivity index (χ1v) is 6.33. The quantitative estimate of drug-likeness (QED) is 0.504. The molecule has 1 aromatic rings. The van der Waals surface area contributed by atoms with Crippen molar-refractivity contribution in [3.63, 3.8) is 0 Å². The molecule has 0 amide bonds. The van der Waals surface area contributed by atoms with Gasteiger partial charge in [-0.15, -0.1) is 0 Å². The highest BCUT2D eigenvalue weighted by Crippen LogP contribution is 2.32. The predicted octanol–water partition coefficient (Wildman–Crippen LogP) is 2.65. The van der Waals surface area contributed by atoms with Crippen molar-refractivity contribution in [1.82, 2.24) is 0 Å². The van der Waals surface area contributed by atoms with E-state index in [9.17, 15) is 4.79 Å².